The lowest BCUT2D eigenvalue weighted by Gasteiger charge is -2.33. The van der Waals surface area contributed by atoms with Crippen molar-refractivity contribution in [2.45, 2.75) is 44.7 Å². The summed E-state index contributed by atoms with van der Waals surface area (Å²) >= 11 is 0. The second-order valence-electron chi connectivity index (χ2n) is 7.61. The van der Waals surface area contributed by atoms with Gasteiger partial charge in [0.25, 0.3) is 0 Å². The number of carbonyl (C=O) groups excluding carboxylic acids is 2. The second kappa shape index (κ2) is 7.13. The lowest BCUT2D eigenvalue weighted by atomic mass is 10.1. The number of hydrogen-bond acceptors (Lipinski definition) is 6. The first kappa shape index (κ1) is 19.6. The van der Waals surface area contributed by atoms with Crippen molar-refractivity contribution in [3.8, 4) is 11.5 Å². The summed E-state index contributed by atoms with van der Waals surface area (Å²) in [6.07, 6.45) is -4.00. The van der Waals surface area contributed by atoms with Crippen LogP contribution in [0.5, 0.6) is 11.5 Å². The van der Waals surface area contributed by atoms with Crippen molar-refractivity contribution in [3.63, 3.8) is 0 Å². The fourth-order valence-electron chi connectivity index (χ4n) is 4.19. The number of fused-ring (bicyclic) bond motifs is 2. The van der Waals surface area contributed by atoms with Crippen LogP contribution < -0.4 is 9.47 Å². The van der Waals surface area contributed by atoms with Crippen LogP contribution in [0.1, 0.15) is 30.1 Å². The van der Waals surface area contributed by atoms with E-state index < -0.39 is 18.0 Å². The van der Waals surface area contributed by atoms with Crippen molar-refractivity contribution < 1.29 is 32.2 Å². The van der Waals surface area contributed by atoms with Crippen molar-refractivity contribution >= 4 is 11.8 Å². The average molecular weight is 437 g/mol. The molecule has 3 aliphatic rings. The SMILES string of the molecule is O=C(C1CCC(=O)N1Cc1ccc2c(c1)OCO2)N1CCn2c(nnc2C(F)(F)F)C1. The molecule has 2 amide bonds. The molecule has 1 aromatic heterocycles. The maximum atomic E-state index is 13.2. The van der Waals surface area contributed by atoms with E-state index in [1.165, 1.54) is 9.80 Å². The van der Waals surface area contributed by atoms with E-state index in [4.69, 9.17) is 9.47 Å². The highest BCUT2D eigenvalue weighted by Crippen LogP contribution is 2.34. The van der Waals surface area contributed by atoms with Crippen LogP contribution in [-0.2, 0) is 35.4 Å². The van der Waals surface area contributed by atoms with Crippen molar-refractivity contribution in [3.05, 3.63) is 35.4 Å². The van der Waals surface area contributed by atoms with E-state index in [1.54, 1.807) is 12.1 Å². The average Bonchev–Trinajstić information content (AvgIpc) is 3.45. The summed E-state index contributed by atoms with van der Waals surface area (Å²) in [6, 6.07) is 4.67. The number of aromatic nitrogens is 3. The van der Waals surface area contributed by atoms with Gasteiger partial charge in [-0.1, -0.05) is 6.07 Å². The number of halogens is 3. The largest absolute Gasteiger partial charge is 0.454 e. The van der Waals surface area contributed by atoms with E-state index in [2.05, 4.69) is 10.2 Å². The molecule has 0 saturated carbocycles. The molecule has 12 heteroatoms. The Hall–Kier alpha value is -3.31. The molecule has 1 atom stereocenters. The molecule has 9 nitrogen and oxygen atoms in total. The van der Waals surface area contributed by atoms with Gasteiger partial charge in [0.2, 0.25) is 24.4 Å². The van der Waals surface area contributed by atoms with Gasteiger partial charge in [0.1, 0.15) is 6.04 Å². The quantitative estimate of drug-likeness (QED) is 0.724. The van der Waals surface area contributed by atoms with Gasteiger partial charge in [0, 0.05) is 26.1 Å². The Balaban J connectivity index is 1.31. The van der Waals surface area contributed by atoms with Crippen LogP contribution in [0.25, 0.3) is 0 Å². The standard InChI is InChI=1S/C19H18F3N5O4/c20-19(21,22)18-24-23-15-9-25(5-6-26(15)18)17(29)12-2-4-16(28)27(12)8-11-1-3-13-14(7-11)31-10-30-13/h1,3,7,12H,2,4-6,8-10H2. The summed E-state index contributed by atoms with van der Waals surface area (Å²) in [6.45, 7) is 0.331. The van der Waals surface area contributed by atoms with Gasteiger partial charge >= 0.3 is 6.18 Å². The lowest BCUT2D eigenvalue weighted by Crippen LogP contribution is -2.49. The maximum Gasteiger partial charge on any atom is 0.451 e. The van der Waals surface area contributed by atoms with Crippen LogP contribution in [0.3, 0.4) is 0 Å². The number of nitrogens with zero attached hydrogens (tertiary/aromatic N) is 5. The molecule has 31 heavy (non-hydrogen) atoms. The normalized spacial score (nSPS) is 20.4. The Morgan fingerprint density at radius 1 is 1.16 bits per heavy atom. The van der Waals surface area contributed by atoms with Gasteiger partial charge in [-0.25, -0.2) is 0 Å². The minimum atomic E-state index is -4.60. The van der Waals surface area contributed by atoms with E-state index in [9.17, 15) is 22.8 Å². The first-order valence-corrected chi connectivity index (χ1v) is 9.77. The number of alkyl halides is 3. The van der Waals surface area contributed by atoms with E-state index in [1.807, 2.05) is 6.07 Å². The van der Waals surface area contributed by atoms with E-state index >= 15 is 0 Å². The first-order valence-electron chi connectivity index (χ1n) is 9.77. The number of amides is 2. The van der Waals surface area contributed by atoms with Gasteiger partial charge in [-0.15, -0.1) is 10.2 Å². The van der Waals surface area contributed by atoms with Crippen molar-refractivity contribution in [2.75, 3.05) is 13.3 Å². The molecule has 5 rings (SSSR count). The molecule has 0 N–H and O–H groups in total. The van der Waals surface area contributed by atoms with Crippen molar-refractivity contribution in [1.82, 2.24) is 24.6 Å². The number of benzene rings is 1. The Labute approximate surface area is 174 Å². The van der Waals surface area contributed by atoms with Crippen LogP contribution in [-0.4, -0.2) is 55.8 Å². The van der Waals surface area contributed by atoms with Gasteiger partial charge in [0.15, 0.2) is 17.3 Å². The van der Waals surface area contributed by atoms with E-state index in [0.717, 1.165) is 10.1 Å². The zero-order valence-corrected chi connectivity index (χ0v) is 16.3. The zero-order valence-electron chi connectivity index (χ0n) is 16.3. The van der Waals surface area contributed by atoms with Crippen LogP contribution >= 0.6 is 0 Å². The van der Waals surface area contributed by atoms with Gasteiger partial charge in [-0.05, 0) is 24.1 Å². The molecule has 0 aliphatic carbocycles. The zero-order chi connectivity index (χ0) is 21.8. The predicted octanol–water partition coefficient (Wildman–Crippen LogP) is 1.56. The summed E-state index contributed by atoms with van der Waals surface area (Å²) in [4.78, 5) is 28.6. The summed E-state index contributed by atoms with van der Waals surface area (Å²) < 4.78 is 50.7. The van der Waals surface area contributed by atoms with Crippen LogP contribution in [0, 0.1) is 0 Å². The molecule has 1 aromatic carbocycles. The first-order chi connectivity index (χ1) is 14.8. The predicted molar refractivity (Wildman–Crippen MR) is 96.6 cm³/mol. The number of carbonyl (C=O) groups is 2. The molecule has 1 saturated heterocycles. The van der Waals surface area contributed by atoms with Crippen LogP contribution in [0.15, 0.2) is 18.2 Å². The molecular formula is C19H18F3N5O4. The second-order valence-corrected chi connectivity index (χ2v) is 7.61. The monoisotopic (exact) mass is 437 g/mol. The molecule has 0 spiro atoms. The number of hydrogen-bond donors (Lipinski definition) is 0. The Morgan fingerprint density at radius 3 is 2.77 bits per heavy atom. The van der Waals surface area contributed by atoms with Crippen molar-refractivity contribution in [2.24, 2.45) is 0 Å². The lowest BCUT2D eigenvalue weighted by molar-refractivity contribution is -0.149. The summed E-state index contributed by atoms with van der Waals surface area (Å²) in [5, 5.41) is 6.85. The third-order valence-electron chi connectivity index (χ3n) is 5.72. The third kappa shape index (κ3) is 3.45. The minimum Gasteiger partial charge on any atom is -0.454 e. The van der Waals surface area contributed by atoms with Crippen LogP contribution in [0.2, 0.25) is 0 Å². The summed E-state index contributed by atoms with van der Waals surface area (Å²) in [5.74, 6) is -0.207. The fourth-order valence-corrected chi connectivity index (χ4v) is 4.19. The highest BCUT2D eigenvalue weighted by molar-refractivity contribution is 5.91. The minimum absolute atomic E-state index is 0.0499. The molecular weight excluding hydrogens is 419 g/mol. The number of rotatable bonds is 3. The topological polar surface area (TPSA) is 89.8 Å². The molecule has 4 heterocycles. The molecule has 0 bridgehead atoms. The summed E-state index contributed by atoms with van der Waals surface area (Å²) in [5.41, 5.74) is 0.797. The van der Waals surface area contributed by atoms with Crippen molar-refractivity contribution in [1.29, 1.82) is 0 Å². The number of ether oxygens (including phenoxy) is 2. The Morgan fingerprint density at radius 2 is 1.97 bits per heavy atom. The number of likely N-dealkylation sites (tertiary alicyclic amines) is 1. The van der Waals surface area contributed by atoms with Crippen LogP contribution in [0.4, 0.5) is 13.2 Å². The Bertz CT molecular complexity index is 1050. The third-order valence-corrected chi connectivity index (χ3v) is 5.72. The Kier molecular flexibility index (Phi) is 4.52. The fraction of sp³-hybridized carbons (Fsp3) is 0.474. The molecule has 1 fully saturated rings. The van der Waals surface area contributed by atoms with Gasteiger partial charge < -0.3 is 23.8 Å². The molecule has 1 unspecified atom stereocenters. The van der Waals surface area contributed by atoms with Gasteiger partial charge in [-0.3, -0.25) is 9.59 Å². The van der Waals surface area contributed by atoms with Gasteiger partial charge in [0.05, 0.1) is 6.54 Å². The maximum absolute atomic E-state index is 13.2. The molecule has 3 aliphatic heterocycles. The highest BCUT2D eigenvalue weighted by atomic mass is 19.4. The molecule has 0 radical (unpaired) electrons. The molecule has 164 valence electrons. The molecule has 2 aromatic rings. The smallest absolute Gasteiger partial charge is 0.451 e. The highest BCUT2D eigenvalue weighted by Gasteiger charge is 2.42. The van der Waals surface area contributed by atoms with Gasteiger partial charge in [-0.2, -0.15) is 13.2 Å². The van der Waals surface area contributed by atoms with E-state index in [0.29, 0.717) is 17.9 Å². The summed E-state index contributed by atoms with van der Waals surface area (Å²) in [7, 11) is 0. The van der Waals surface area contributed by atoms with E-state index in [-0.39, 0.29) is 57.0 Å².